The summed E-state index contributed by atoms with van der Waals surface area (Å²) in [6.45, 7) is 5.97. The Morgan fingerprint density at radius 1 is 1.32 bits per heavy atom. The molecule has 1 aromatic heterocycles. The Balaban J connectivity index is 1.79. The molecule has 1 aliphatic rings. The van der Waals surface area contributed by atoms with Crippen molar-refractivity contribution in [2.45, 2.75) is 31.9 Å². The number of carbonyl (C=O) groups excluding carboxylic acids is 1. The van der Waals surface area contributed by atoms with E-state index in [-0.39, 0.29) is 11.0 Å². The van der Waals surface area contributed by atoms with Crippen molar-refractivity contribution in [2.24, 2.45) is 0 Å². The maximum Gasteiger partial charge on any atom is 0.178 e. The zero-order valence-electron chi connectivity index (χ0n) is 12.9. The number of aryl methyl sites for hydroxylation is 1. The summed E-state index contributed by atoms with van der Waals surface area (Å²) in [5.74, 6) is 0.154. The summed E-state index contributed by atoms with van der Waals surface area (Å²) in [4.78, 5) is 18.4. The first-order valence-electron chi connectivity index (χ1n) is 7.65. The van der Waals surface area contributed by atoms with Crippen LogP contribution in [0.15, 0.2) is 24.3 Å². The number of hydrogen-bond acceptors (Lipinski definition) is 3. The highest BCUT2D eigenvalue weighted by atomic mass is 32.2. The number of H-pyrrole nitrogens is 1. The lowest BCUT2D eigenvalue weighted by molar-refractivity contribution is 0.0995. The number of fused-ring (bicyclic) bond motifs is 1. The van der Waals surface area contributed by atoms with Crippen molar-refractivity contribution in [3.8, 4) is 0 Å². The Labute approximate surface area is 140 Å². The second-order valence-corrected chi connectivity index (χ2v) is 7.73. The van der Waals surface area contributed by atoms with Gasteiger partial charge in [-0.05, 0) is 32.8 Å². The number of thioether (sulfide) groups is 1. The van der Waals surface area contributed by atoms with Gasteiger partial charge in [0.1, 0.15) is 4.32 Å². The highest BCUT2D eigenvalue weighted by molar-refractivity contribution is 8.23. The van der Waals surface area contributed by atoms with E-state index in [9.17, 15) is 4.79 Å². The minimum Gasteiger partial charge on any atom is -0.358 e. The maximum atomic E-state index is 12.9. The molecule has 116 valence electrons. The van der Waals surface area contributed by atoms with Gasteiger partial charge in [-0.15, -0.1) is 0 Å². The number of aromatic nitrogens is 1. The van der Waals surface area contributed by atoms with Gasteiger partial charge < -0.3 is 9.88 Å². The van der Waals surface area contributed by atoms with Crippen LogP contribution in [0.3, 0.4) is 0 Å². The van der Waals surface area contributed by atoms with Crippen molar-refractivity contribution in [1.82, 2.24) is 9.88 Å². The minimum atomic E-state index is -0.161. The van der Waals surface area contributed by atoms with Crippen molar-refractivity contribution in [3.63, 3.8) is 0 Å². The Bertz CT molecular complexity index is 717. The van der Waals surface area contributed by atoms with E-state index >= 15 is 0 Å². The molecular formula is C17H20N2OS2. The van der Waals surface area contributed by atoms with Crippen molar-refractivity contribution >= 4 is 45.0 Å². The van der Waals surface area contributed by atoms with Crippen LogP contribution in [0.2, 0.25) is 0 Å². The number of carbonyl (C=O) groups is 1. The fourth-order valence-corrected chi connectivity index (χ4v) is 4.45. The number of hydrogen-bond donors (Lipinski definition) is 1. The summed E-state index contributed by atoms with van der Waals surface area (Å²) in [7, 11) is 0. The highest BCUT2D eigenvalue weighted by Crippen LogP contribution is 2.28. The van der Waals surface area contributed by atoms with E-state index in [1.54, 1.807) is 0 Å². The third-order valence-corrected chi connectivity index (χ3v) is 5.73. The summed E-state index contributed by atoms with van der Waals surface area (Å²) in [6.07, 6.45) is 2.40. The molecule has 3 rings (SSSR count). The number of rotatable bonds is 3. The van der Waals surface area contributed by atoms with Crippen molar-refractivity contribution in [1.29, 1.82) is 0 Å². The Hall–Kier alpha value is -1.33. The molecule has 0 radical (unpaired) electrons. The van der Waals surface area contributed by atoms with Crippen LogP contribution in [0.5, 0.6) is 0 Å². The van der Waals surface area contributed by atoms with E-state index in [2.05, 4.69) is 9.88 Å². The molecule has 1 unspecified atom stereocenters. The monoisotopic (exact) mass is 332 g/mol. The number of aromatic amines is 1. The molecule has 0 aliphatic carbocycles. The number of likely N-dealkylation sites (tertiary alicyclic amines) is 1. The van der Waals surface area contributed by atoms with Gasteiger partial charge in [0.15, 0.2) is 5.78 Å². The zero-order chi connectivity index (χ0) is 15.7. The summed E-state index contributed by atoms with van der Waals surface area (Å²) in [6, 6.07) is 7.96. The molecule has 2 aromatic rings. The number of thiocarbonyl (C=S) groups is 1. The second-order valence-electron chi connectivity index (χ2n) is 5.75. The average Bonchev–Trinajstić information content (AvgIpc) is 3.13. The van der Waals surface area contributed by atoms with Gasteiger partial charge in [-0.2, -0.15) is 0 Å². The molecule has 1 N–H and O–H groups in total. The highest BCUT2D eigenvalue weighted by Gasteiger charge is 2.25. The average molecular weight is 332 g/mol. The van der Waals surface area contributed by atoms with E-state index in [1.807, 2.05) is 38.1 Å². The van der Waals surface area contributed by atoms with Crippen molar-refractivity contribution in [3.05, 3.63) is 35.5 Å². The van der Waals surface area contributed by atoms with E-state index < -0.39 is 0 Å². The van der Waals surface area contributed by atoms with Gasteiger partial charge in [-0.1, -0.05) is 42.2 Å². The molecule has 0 amide bonds. The number of nitrogens with one attached hydrogen (secondary N) is 1. The molecule has 0 saturated carbocycles. The fourth-order valence-electron chi connectivity index (χ4n) is 2.98. The van der Waals surface area contributed by atoms with Crippen LogP contribution in [-0.2, 0) is 0 Å². The molecular weight excluding hydrogens is 312 g/mol. The maximum absolute atomic E-state index is 12.9. The summed E-state index contributed by atoms with van der Waals surface area (Å²) < 4.78 is 0.857. The van der Waals surface area contributed by atoms with Crippen LogP contribution >= 0.6 is 24.0 Å². The van der Waals surface area contributed by atoms with Crippen LogP contribution in [0, 0.1) is 6.92 Å². The molecule has 1 saturated heterocycles. The molecule has 0 spiro atoms. The van der Waals surface area contributed by atoms with E-state index in [0.717, 1.165) is 39.6 Å². The number of para-hydroxylation sites is 1. The van der Waals surface area contributed by atoms with Gasteiger partial charge in [0.25, 0.3) is 0 Å². The molecule has 1 atom stereocenters. The van der Waals surface area contributed by atoms with Crippen molar-refractivity contribution in [2.75, 3.05) is 13.1 Å². The van der Waals surface area contributed by atoms with Crippen LogP contribution in [0.4, 0.5) is 0 Å². The van der Waals surface area contributed by atoms with Gasteiger partial charge in [0.2, 0.25) is 0 Å². The minimum absolute atomic E-state index is 0.154. The number of benzene rings is 1. The van der Waals surface area contributed by atoms with Crippen LogP contribution in [-0.4, -0.2) is 38.3 Å². The standard InChI is InChI=1S/C17H20N2OS2/c1-11-15(13-7-3-4-8-14(13)18-11)16(20)12(2)22-17(21)19-9-5-6-10-19/h3-4,7-8,12,18H,5-6,9-10H2,1-2H3. The Kier molecular flexibility index (Phi) is 4.54. The molecule has 1 aromatic carbocycles. The normalized spacial score (nSPS) is 16.2. The SMILES string of the molecule is Cc1[nH]c2ccccc2c1C(=O)C(C)SC(=S)N1CCCC1. The zero-order valence-corrected chi connectivity index (χ0v) is 14.5. The van der Waals surface area contributed by atoms with Gasteiger partial charge >= 0.3 is 0 Å². The van der Waals surface area contributed by atoms with E-state index in [1.165, 1.54) is 24.6 Å². The van der Waals surface area contributed by atoms with E-state index in [0.29, 0.717) is 0 Å². The number of nitrogens with zero attached hydrogens (tertiary/aromatic N) is 1. The third-order valence-electron chi connectivity index (χ3n) is 4.15. The lowest BCUT2D eigenvalue weighted by Gasteiger charge is -2.20. The quantitative estimate of drug-likeness (QED) is 0.676. The summed E-state index contributed by atoms with van der Waals surface area (Å²) in [5, 5.41) is 0.843. The topological polar surface area (TPSA) is 36.1 Å². The van der Waals surface area contributed by atoms with Gasteiger partial charge in [0.05, 0.1) is 5.25 Å². The number of Topliss-reactive ketones (excluding diaryl/α,β-unsaturated/α-hetero) is 1. The molecule has 5 heteroatoms. The largest absolute Gasteiger partial charge is 0.358 e. The second kappa shape index (κ2) is 6.42. The van der Waals surface area contributed by atoms with Crippen LogP contribution in [0.1, 0.15) is 35.8 Å². The molecule has 3 nitrogen and oxygen atoms in total. The smallest absolute Gasteiger partial charge is 0.178 e. The van der Waals surface area contributed by atoms with Gasteiger partial charge in [0, 0.05) is 35.2 Å². The predicted molar refractivity (Wildman–Crippen MR) is 97.8 cm³/mol. The predicted octanol–water partition coefficient (Wildman–Crippen LogP) is 4.16. The first-order chi connectivity index (χ1) is 10.6. The van der Waals surface area contributed by atoms with Gasteiger partial charge in [-0.25, -0.2) is 0 Å². The van der Waals surface area contributed by atoms with Gasteiger partial charge in [-0.3, -0.25) is 4.79 Å². The Morgan fingerprint density at radius 2 is 2.00 bits per heavy atom. The van der Waals surface area contributed by atoms with Crippen LogP contribution < -0.4 is 0 Å². The molecule has 1 fully saturated rings. The lowest BCUT2D eigenvalue weighted by atomic mass is 10.1. The lowest BCUT2D eigenvalue weighted by Crippen LogP contribution is -2.27. The summed E-state index contributed by atoms with van der Waals surface area (Å²) >= 11 is 7.01. The molecule has 0 bridgehead atoms. The molecule has 22 heavy (non-hydrogen) atoms. The van der Waals surface area contributed by atoms with Crippen LogP contribution in [0.25, 0.3) is 10.9 Å². The summed E-state index contributed by atoms with van der Waals surface area (Å²) in [5.41, 5.74) is 2.76. The molecule has 1 aliphatic heterocycles. The third kappa shape index (κ3) is 2.92. The fraction of sp³-hybridized carbons (Fsp3) is 0.412. The first kappa shape index (κ1) is 15.6. The number of ketones is 1. The Morgan fingerprint density at radius 3 is 2.73 bits per heavy atom. The van der Waals surface area contributed by atoms with Crippen molar-refractivity contribution < 1.29 is 4.79 Å². The van der Waals surface area contributed by atoms with E-state index in [4.69, 9.17) is 12.2 Å². The molecule has 2 heterocycles. The first-order valence-corrected chi connectivity index (χ1v) is 8.94.